The number of nitrogens with two attached hydrogens (primary N) is 1. The fourth-order valence-electron chi connectivity index (χ4n) is 2.00. The third-order valence-corrected chi connectivity index (χ3v) is 3.54. The highest BCUT2D eigenvalue weighted by atomic mass is 32.2. The van der Waals surface area contributed by atoms with Gasteiger partial charge >= 0.3 is 0 Å². The Kier molecular flexibility index (Phi) is 3.69. The van der Waals surface area contributed by atoms with E-state index in [0.717, 1.165) is 0 Å². The molecule has 1 aliphatic rings. The van der Waals surface area contributed by atoms with Gasteiger partial charge in [-0.15, -0.1) is 0 Å². The predicted molar refractivity (Wildman–Crippen MR) is 63.9 cm³/mol. The van der Waals surface area contributed by atoms with Gasteiger partial charge < -0.3 is 9.32 Å². The average Bonchev–Trinajstić information content (AvgIpc) is 2.80. The molecule has 0 saturated carbocycles. The molecule has 0 spiro atoms. The molecular formula is C10H15N3O4S. The first-order valence-corrected chi connectivity index (χ1v) is 7.12. The van der Waals surface area contributed by atoms with Crippen LogP contribution in [-0.4, -0.2) is 38.4 Å². The van der Waals surface area contributed by atoms with Gasteiger partial charge in [-0.3, -0.25) is 4.79 Å². The summed E-state index contributed by atoms with van der Waals surface area (Å²) in [6.45, 7) is 0.994. The van der Waals surface area contributed by atoms with Crippen molar-refractivity contribution in [1.29, 1.82) is 0 Å². The highest BCUT2D eigenvalue weighted by Gasteiger charge is 2.25. The highest BCUT2D eigenvalue weighted by Crippen LogP contribution is 2.14. The number of likely N-dealkylation sites (tertiary alicyclic amines) is 1. The first-order chi connectivity index (χ1) is 8.46. The smallest absolute Gasteiger partial charge is 0.274 e. The van der Waals surface area contributed by atoms with Crippen molar-refractivity contribution in [2.75, 3.05) is 13.1 Å². The summed E-state index contributed by atoms with van der Waals surface area (Å²) in [5.41, 5.74) is 0.507. The van der Waals surface area contributed by atoms with Crippen LogP contribution < -0.4 is 9.86 Å². The van der Waals surface area contributed by atoms with Crippen molar-refractivity contribution in [3.8, 4) is 0 Å². The van der Waals surface area contributed by atoms with E-state index in [2.05, 4.69) is 4.72 Å². The molecule has 2 heterocycles. The molecule has 8 heteroatoms. The Labute approximate surface area is 105 Å². The number of hydrogen-bond acceptors (Lipinski definition) is 4. The van der Waals surface area contributed by atoms with Crippen LogP contribution in [0.4, 0.5) is 0 Å². The highest BCUT2D eigenvalue weighted by molar-refractivity contribution is 7.87. The van der Waals surface area contributed by atoms with E-state index in [1.807, 2.05) is 0 Å². The quantitative estimate of drug-likeness (QED) is 0.787. The van der Waals surface area contributed by atoms with Gasteiger partial charge in [-0.25, -0.2) is 5.14 Å². The molecule has 1 fully saturated rings. The Balaban J connectivity index is 1.89. The van der Waals surface area contributed by atoms with Crippen molar-refractivity contribution >= 4 is 16.1 Å². The summed E-state index contributed by atoms with van der Waals surface area (Å²) < 4.78 is 29.0. The van der Waals surface area contributed by atoms with Crippen molar-refractivity contribution < 1.29 is 17.6 Å². The summed E-state index contributed by atoms with van der Waals surface area (Å²) in [5.74, 6) is -0.0993. The van der Waals surface area contributed by atoms with Crippen molar-refractivity contribution in [1.82, 2.24) is 9.62 Å². The molecule has 100 valence electrons. The summed E-state index contributed by atoms with van der Waals surface area (Å²) >= 11 is 0. The van der Waals surface area contributed by atoms with Gasteiger partial charge in [0.15, 0.2) is 0 Å². The second-order valence-electron chi connectivity index (χ2n) is 4.24. The second kappa shape index (κ2) is 5.09. The molecule has 0 unspecified atom stereocenters. The average molecular weight is 273 g/mol. The minimum absolute atomic E-state index is 0.0993. The van der Waals surface area contributed by atoms with Gasteiger partial charge in [0, 0.05) is 19.1 Å². The molecule has 1 aliphatic heterocycles. The Morgan fingerprint density at radius 3 is 2.61 bits per heavy atom. The number of rotatable bonds is 3. The van der Waals surface area contributed by atoms with E-state index in [4.69, 9.17) is 9.56 Å². The normalized spacial score (nSPS) is 17.9. The summed E-state index contributed by atoms with van der Waals surface area (Å²) in [5, 5.41) is 4.91. The zero-order chi connectivity index (χ0) is 13.2. The largest absolute Gasteiger partial charge is 0.472 e. The molecular weight excluding hydrogens is 258 g/mol. The minimum Gasteiger partial charge on any atom is -0.472 e. The Hall–Kier alpha value is -1.38. The first kappa shape index (κ1) is 13.1. The van der Waals surface area contributed by atoms with Crippen LogP contribution in [0, 0.1) is 0 Å². The van der Waals surface area contributed by atoms with Crippen molar-refractivity contribution in [2.24, 2.45) is 5.14 Å². The number of nitrogens with one attached hydrogen (secondary N) is 1. The maximum atomic E-state index is 12.0. The topological polar surface area (TPSA) is 106 Å². The molecule has 0 radical (unpaired) electrons. The Bertz CT molecular complexity index is 503. The maximum Gasteiger partial charge on any atom is 0.274 e. The van der Waals surface area contributed by atoms with Crippen molar-refractivity contribution in [3.05, 3.63) is 24.2 Å². The second-order valence-corrected chi connectivity index (χ2v) is 5.57. The van der Waals surface area contributed by atoms with Crippen molar-refractivity contribution in [2.45, 2.75) is 18.9 Å². The van der Waals surface area contributed by atoms with Gasteiger partial charge in [-0.1, -0.05) is 0 Å². The summed E-state index contributed by atoms with van der Waals surface area (Å²) in [7, 11) is -3.67. The molecule has 2 rings (SSSR count). The molecule has 1 aromatic heterocycles. The molecule has 18 heavy (non-hydrogen) atoms. The van der Waals surface area contributed by atoms with Crippen LogP contribution in [0.5, 0.6) is 0 Å². The van der Waals surface area contributed by atoms with Crippen LogP contribution >= 0.6 is 0 Å². The lowest BCUT2D eigenvalue weighted by Gasteiger charge is -2.31. The van der Waals surface area contributed by atoms with E-state index in [1.54, 1.807) is 11.0 Å². The monoisotopic (exact) mass is 273 g/mol. The maximum absolute atomic E-state index is 12.0. The summed E-state index contributed by atoms with van der Waals surface area (Å²) in [6.07, 6.45) is 3.96. The lowest BCUT2D eigenvalue weighted by atomic mass is 10.1. The lowest BCUT2D eigenvalue weighted by molar-refractivity contribution is 0.0710. The van der Waals surface area contributed by atoms with Gasteiger partial charge in [-0.2, -0.15) is 13.1 Å². The van der Waals surface area contributed by atoms with Gasteiger partial charge in [0.25, 0.3) is 16.1 Å². The molecule has 1 saturated heterocycles. The fraction of sp³-hybridized carbons (Fsp3) is 0.500. The van der Waals surface area contributed by atoms with E-state index in [0.29, 0.717) is 31.5 Å². The van der Waals surface area contributed by atoms with E-state index < -0.39 is 10.2 Å². The Morgan fingerprint density at radius 1 is 1.44 bits per heavy atom. The standard InChI is InChI=1S/C10H15N3O4S/c11-18(15,16)12-9-1-4-13(5-2-9)10(14)8-3-6-17-7-8/h3,6-7,9,12H,1-2,4-5H2,(H2,11,15,16). The number of furan rings is 1. The van der Waals surface area contributed by atoms with Crippen molar-refractivity contribution in [3.63, 3.8) is 0 Å². The van der Waals surface area contributed by atoms with Crippen LogP contribution in [0.15, 0.2) is 23.0 Å². The van der Waals surface area contributed by atoms with E-state index in [1.165, 1.54) is 12.5 Å². The third-order valence-electron chi connectivity index (χ3n) is 2.88. The van der Waals surface area contributed by atoms with E-state index >= 15 is 0 Å². The summed E-state index contributed by atoms with van der Waals surface area (Å²) in [6, 6.07) is 1.41. The molecule has 0 aliphatic carbocycles. The number of hydrogen-bond donors (Lipinski definition) is 2. The van der Waals surface area contributed by atoms with Crippen LogP contribution in [0.1, 0.15) is 23.2 Å². The van der Waals surface area contributed by atoms with Crippen LogP contribution in [-0.2, 0) is 10.2 Å². The SMILES string of the molecule is NS(=O)(=O)NC1CCN(C(=O)c2ccoc2)CC1. The molecule has 3 N–H and O–H groups in total. The van der Waals surface area contributed by atoms with Gasteiger partial charge in [0.05, 0.1) is 11.8 Å². The fourth-order valence-corrected chi connectivity index (χ4v) is 2.70. The lowest BCUT2D eigenvalue weighted by Crippen LogP contribution is -2.48. The number of carbonyl (C=O) groups is 1. The first-order valence-electron chi connectivity index (χ1n) is 5.57. The molecule has 0 atom stereocenters. The predicted octanol–water partition coefficient (Wildman–Crippen LogP) is -0.323. The minimum atomic E-state index is -3.67. The summed E-state index contributed by atoms with van der Waals surface area (Å²) in [4.78, 5) is 13.6. The van der Waals surface area contributed by atoms with Gasteiger partial charge in [-0.05, 0) is 18.9 Å². The van der Waals surface area contributed by atoms with E-state index in [-0.39, 0.29) is 11.9 Å². The van der Waals surface area contributed by atoms with Crippen LogP contribution in [0.3, 0.4) is 0 Å². The molecule has 0 bridgehead atoms. The number of nitrogens with zero attached hydrogens (tertiary/aromatic N) is 1. The van der Waals surface area contributed by atoms with Gasteiger partial charge in [0.2, 0.25) is 0 Å². The molecule has 0 aromatic carbocycles. The van der Waals surface area contributed by atoms with Gasteiger partial charge in [0.1, 0.15) is 6.26 Å². The zero-order valence-corrected chi connectivity index (χ0v) is 10.5. The van der Waals surface area contributed by atoms with Crippen LogP contribution in [0.25, 0.3) is 0 Å². The zero-order valence-electron chi connectivity index (χ0n) is 9.70. The molecule has 1 aromatic rings. The third kappa shape index (κ3) is 3.31. The Morgan fingerprint density at radius 2 is 2.11 bits per heavy atom. The van der Waals surface area contributed by atoms with Crippen LogP contribution in [0.2, 0.25) is 0 Å². The number of amides is 1. The van der Waals surface area contributed by atoms with E-state index in [9.17, 15) is 13.2 Å². The molecule has 1 amide bonds. The number of carbonyl (C=O) groups excluding carboxylic acids is 1. The molecule has 7 nitrogen and oxygen atoms in total. The number of piperidine rings is 1.